The second kappa shape index (κ2) is 9.25. The molecule has 0 bridgehead atoms. The molecule has 0 radical (unpaired) electrons. The summed E-state index contributed by atoms with van der Waals surface area (Å²) in [5, 5.41) is 3.41. The molecule has 2 N–H and O–H groups in total. The molecule has 1 aromatic rings. The van der Waals surface area contributed by atoms with Gasteiger partial charge in [-0.25, -0.2) is 9.98 Å². The maximum absolute atomic E-state index is 13.1. The minimum atomic E-state index is -0.206. The Balaban J connectivity index is 2.39. The zero-order chi connectivity index (χ0) is 22.7. The summed E-state index contributed by atoms with van der Waals surface area (Å²) >= 11 is 1.11. The Morgan fingerprint density at radius 2 is 2.07 bits per heavy atom. The standard InChI is InChI=1S/C23H35N5OS/c1-10-19(25-16(3)24-9)30-27-21(29)17-11-12-18(22(4,5)6)26-20(17)28-14-15(2)13-23(28,7)8/h10-12,15,24H,1,3,13-14H2,2,4-9H3,(H,27,29)/b25-19+. The molecule has 0 aliphatic carbocycles. The highest BCUT2D eigenvalue weighted by atomic mass is 32.2. The molecule has 0 aromatic carbocycles. The number of aromatic nitrogens is 1. The van der Waals surface area contributed by atoms with Gasteiger partial charge in [-0.2, -0.15) is 0 Å². The normalized spacial score (nSPS) is 18.8. The zero-order valence-corrected chi connectivity index (χ0v) is 20.1. The maximum atomic E-state index is 13.1. The van der Waals surface area contributed by atoms with E-state index in [0.29, 0.717) is 22.3 Å². The lowest BCUT2D eigenvalue weighted by molar-refractivity contribution is 0.0984. The van der Waals surface area contributed by atoms with Gasteiger partial charge in [0, 0.05) is 42.2 Å². The third-order valence-electron chi connectivity index (χ3n) is 5.17. The average Bonchev–Trinajstić information content (AvgIpc) is 2.95. The van der Waals surface area contributed by atoms with Crippen molar-refractivity contribution in [3.05, 3.63) is 48.4 Å². The van der Waals surface area contributed by atoms with Crippen LogP contribution in [0, 0.1) is 5.92 Å². The second-order valence-corrected chi connectivity index (χ2v) is 10.3. The van der Waals surface area contributed by atoms with Crippen LogP contribution in [-0.4, -0.2) is 35.1 Å². The number of pyridine rings is 1. The Hall–Kier alpha value is -2.28. The Morgan fingerprint density at radius 1 is 1.40 bits per heavy atom. The molecule has 7 heteroatoms. The van der Waals surface area contributed by atoms with E-state index in [0.717, 1.165) is 36.4 Å². The third-order valence-corrected chi connectivity index (χ3v) is 5.93. The minimum absolute atomic E-state index is 0.0661. The smallest absolute Gasteiger partial charge is 0.265 e. The Kier molecular flexibility index (Phi) is 7.40. The summed E-state index contributed by atoms with van der Waals surface area (Å²) in [5.41, 5.74) is 1.36. The van der Waals surface area contributed by atoms with Crippen LogP contribution < -0.4 is 14.9 Å². The van der Waals surface area contributed by atoms with Crippen molar-refractivity contribution in [2.75, 3.05) is 18.5 Å². The monoisotopic (exact) mass is 429 g/mol. The number of anilines is 1. The van der Waals surface area contributed by atoms with Gasteiger partial charge in [0.2, 0.25) is 0 Å². The molecule has 2 rings (SSSR count). The average molecular weight is 430 g/mol. The first-order valence-electron chi connectivity index (χ1n) is 10.2. The van der Waals surface area contributed by atoms with Gasteiger partial charge in [-0.15, -0.1) is 0 Å². The number of rotatable bonds is 5. The first kappa shape index (κ1) is 24.0. The molecule has 1 fully saturated rings. The van der Waals surface area contributed by atoms with Gasteiger partial charge in [0.15, 0.2) is 0 Å². The van der Waals surface area contributed by atoms with E-state index in [1.54, 1.807) is 13.1 Å². The van der Waals surface area contributed by atoms with Gasteiger partial charge in [0.1, 0.15) is 16.7 Å². The van der Waals surface area contributed by atoms with Gasteiger partial charge in [0.25, 0.3) is 5.91 Å². The van der Waals surface area contributed by atoms with Gasteiger partial charge in [0.05, 0.1) is 5.56 Å². The molecule has 6 nitrogen and oxygen atoms in total. The number of nitrogens with zero attached hydrogens (tertiary/aromatic N) is 3. The van der Waals surface area contributed by atoms with E-state index >= 15 is 0 Å². The molecular formula is C23H35N5OS. The van der Waals surface area contributed by atoms with Crippen molar-refractivity contribution < 1.29 is 4.79 Å². The fraction of sp³-hybridized carbons (Fsp3) is 0.522. The van der Waals surface area contributed by atoms with Crippen molar-refractivity contribution in [2.24, 2.45) is 10.9 Å². The van der Waals surface area contributed by atoms with Crippen molar-refractivity contribution in [3.8, 4) is 0 Å². The van der Waals surface area contributed by atoms with Crippen LogP contribution in [0.4, 0.5) is 5.82 Å². The van der Waals surface area contributed by atoms with Crippen molar-refractivity contribution in [1.29, 1.82) is 0 Å². The van der Waals surface area contributed by atoms with Crippen LogP contribution in [0.5, 0.6) is 0 Å². The first-order chi connectivity index (χ1) is 13.9. The summed E-state index contributed by atoms with van der Waals surface area (Å²) < 4.78 is 2.88. The largest absolute Gasteiger partial charge is 0.374 e. The Morgan fingerprint density at radius 3 is 2.57 bits per heavy atom. The SMILES string of the molecule is C=C/C(=N\C(=C)NC)SNC(=O)c1ccc(C(C)(C)C)nc1N1CC(C)CC1(C)C. The molecule has 1 aliphatic rings. The topological polar surface area (TPSA) is 69.6 Å². The van der Waals surface area contributed by atoms with Gasteiger partial charge < -0.3 is 10.2 Å². The van der Waals surface area contributed by atoms with E-state index in [1.165, 1.54) is 0 Å². The molecule has 1 atom stereocenters. The van der Waals surface area contributed by atoms with Crippen molar-refractivity contribution in [2.45, 2.75) is 58.9 Å². The summed E-state index contributed by atoms with van der Waals surface area (Å²) in [4.78, 5) is 24.6. The minimum Gasteiger partial charge on any atom is -0.374 e. The van der Waals surface area contributed by atoms with E-state index < -0.39 is 0 Å². The Bertz CT molecular complexity index is 854. The number of hydrogen-bond acceptors (Lipinski definition) is 6. The number of aliphatic imine (C=N–C) groups is 1. The van der Waals surface area contributed by atoms with E-state index in [4.69, 9.17) is 4.98 Å². The van der Waals surface area contributed by atoms with Crippen LogP contribution in [0.15, 0.2) is 42.2 Å². The molecular weight excluding hydrogens is 394 g/mol. The van der Waals surface area contributed by atoms with E-state index in [2.05, 4.69) is 74.6 Å². The van der Waals surface area contributed by atoms with E-state index in [-0.39, 0.29) is 16.9 Å². The van der Waals surface area contributed by atoms with Crippen LogP contribution in [-0.2, 0) is 5.41 Å². The number of hydrogen-bond donors (Lipinski definition) is 2. The number of carbonyl (C=O) groups excluding carboxylic acids is 1. The summed E-state index contributed by atoms with van der Waals surface area (Å²) in [6, 6.07) is 3.83. The molecule has 1 aromatic heterocycles. The summed E-state index contributed by atoms with van der Waals surface area (Å²) in [6.45, 7) is 21.5. The fourth-order valence-electron chi connectivity index (χ4n) is 3.66. The highest BCUT2D eigenvalue weighted by Crippen LogP contribution is 2.38. The lowest BCUT2D eigenvalue weighted by Crippen LogP contribution is -2.40. The quantitative estimate of drug-likeness (QED) is 0.405. The van der Waals surface area contributed by atoms with E-state index in [1.807, 2.05) is 12.1 Å². The lowest BCUT2D eigenvalue weighted by Gasteiger charge is -2.34. The van der Waals surface area contributed by atoms with Gasteiger partial charge in [-0.05, 0) is 44.4 Å². The van der Waals surface area contributed by atoms with Crippen LogP contribution in [0.25, 0.3) is 0 Å². The van der Waals surface area contributed by atoms with Gasteiger partial charge in [-0.1, -0.05) is 40.9 Å². The number of carbonyl (C=O) groups is 1. The third kappa shape index (κ3) is 5.65. The maximum Gasteiger partial charge on any atom is 0.265 e. The molecule has 164 valence electrons. The molecule has 30 heavy (non-hydrogen) atoms. The highest BCUT2D eigenvalue weighted by Gasteiger charge is 2.39. The molecule has 0 spiro atoms. The van der Waals surface area contributed by atoms with Crippen LogP contribution in [0.3, 0.4) is 0 Å². The highest BCUT2D eigenvalue weighted by molar-refractivity contribution is 8.13. The first-order valence-corrected chi connectivity index (χ1v) is 11.0. The summed E-state index contributed by atoms with van der Waals surface area (Å²) in [7, 11) is 1.74. The summed E-state index contributed by atoms with van der Waals surface area (Å²) in [6.07, 6.45) is 2.64. The van der Waals surface area contributed by atoms with Crippen molar-refractivity contribution in [3.63, 3.8) is 0 Å². The predicted octanol–water partition coefficient (Wildman–Crippen LogP) is 4.66. The Labute approximate surface area is 185 Å². The van der Waals surface area contributed by atoms with Gasteiger partial charge in [-0.3, -0.25) is 9.52 Å². The molecule has 1 unspecified atom stereocenters. The van der Waals surface area contributed by atoms with Crippen molar-refractivity contribution >= 4 is 28.7 Å². The molecule has 1 aliphatic heterocycles. The molecule has 2 heterocycles. The fourth-order valence-corrected chi connectivity index (χ4v) is 4.21. The zero-order valence-electron chi connectivity index (χ0n) is 19.3. The molecule has 0 saturated carbocycles. The lowest BCUT2D eigenvalue weighted by atomic mass is 9.91. The molecule has 1 saturated heterocycles. The van der Waals surface area contributed by atoms with Gasteiger partial charge >= 0.3 is 0 Å². The van der Waals surface area contributed by atoms with Crippen LogP contribution >= 0.6 is 11.9 Å². The summed E-state index contributed by atoms with van der Waals surface area (Å²) in [5.74, 6) is 1.57. The number of nitrogens with one attached hydrogen (secondary N) is 2. The van der Waals surface area contributed by atoms with E-state index in [9.17, 15) is 4.79 Å². The van der Waals surface area contributed by atoms with Crippen LogP contribution in [0.2, 0.25) is 0 Å². The van der Waals surface area contributed by atoms with Crippen LogP contribution in [0.1, 0.15) is 64.0 Å². The second-order valence-electron chi connectivity index (χ2n) is 9.43. The molecule has 1 amide bonds. The predicted molar refractivity (Wildman–Crippen MR) is 129 cm³/mol. The van der Waals surface area contributed by atoms with Crippen molar-refractivity contribution in [1.82, 2.24) is 15.0 Å². The number of amides is 1.